The highest BCUT2D eigenvalue weighted by atomic mass is 35.5. The summed E-state index contributed by atoms with van der Waals surface area (Å²) in [5.41, 5.74) is 6.27. The van der Waals surface area contributed by atoms with E-state index in [1.807, 2.05) is 0 Å². The first-order chi connectivity index (χ1) is 10.6. The van der Waals surface area contributed by atoms with E-state index in [1.165, 1.54) is 24.3 Å². The molecule has 0 atom stereocenters. The molecular weight excluding hydrogens is 330 g/mol. The molecule has 116 valence electrons. The average molecular weight is 343 g/mol. The lowest BCUT2D eigenvalue weighted by molar-refractivity contribution is 0.107. The van der Waals surface area contributed by atoms with E-state index in [-0.39, 0.29) is 24.9 Å². The van der Waals surface area contributed by atoms with Gasteiger partial charge in [0.25, 0.3) is 0 Å². The summed E-state index contributed by atoms with van der Waals surface area (Å²) in [6.07, 6.45) is 0. The van der Waals surface area contributed by atoms with Crippen molar-refractivity contribution in [1.29, 1.82) is 0 Å². The number of nitrogens with zero attached hydrogens (tertiary/aromatic N) is 1. The molecule has 0 aromatic heterocycles. The molecule has 0 aliphatic rings. The number of hydrogen-bond acceptors (Lipinski definition) is 3. The minimum atomic E-state index is -0.345. The molecule has 0 bridgehead atoms. The minimum Gasteiger partial charge on any atom is -0.487 e. The summed E-state index contributed by atoms with van der Waals surface area (Å²) >= 11 is 11.9. The fraction of sp³-hybridized carbons (Fsp3) is 0.133. The third-order valence-electron chi connectivity index (χ3n) is 2.64. The van der Waals surface area contributed by atoms with E-state index in [1.54, 1.807) is 18.2 Å². The molecule has 2 aromatic rings. The maximum absolute atomic E-state index is 12.8. The third kappa shape index (κ3) is 4.51. The molecule has 22 heavy (non-hydrogen) atoms. The van der Waals surface area contributed by atoms with Crippen molar-refractivity contribution >= 4 is 29.0 Å². The molecular formula is C15H13Cl2FN2O2. The largest absolute Gasteiger partial charge is 0.487 e. The first kappa shape index (κ1) is 16.4. The molecule has 0 aliphatic heterocycles. The van der Waals surface area contributed by atoms with Crippen molar-refractivity contribution in [3.05, 3.63) is 63.9 Å². The number of nitrogens with two attached hydrogens (primary N) is 1. The van der Waals surface area contributed by atoms with Crippen molar-refractivity contribution in [3.63, 3.8) is 0 Å². The van der Waals surface area contributed by atoms with Crippen LogP contribution in [-0.2, 0) is 4.84 Å². The summed E-state index contributed by atoms with van der Waals surface area (Å²) in [5, 5.41) is 4.56. The standard InChI is InChI=1S/C15H13Cl2FN2O2/c16-12-2-1-3-13(17)14(12)21-8-9-22-20-15(19)10-4-6-11(18)7-5-10/h1-7H,8-9H2,(H2,19,20). The van der Waals surface area contributed by atoms with E-state index in [2.05, 4.69) is 5.16 Å². The van der Waals surface area contributed by atoms with E-state index in [0.29, 0.717) is 21.4 Å². The van der Waals surface area contributed by atoms with Gasteiger partial charge in [-0.3, -0.25) is 0 Å². The maximum atomic E-state index is 12.8. The van der Waals surface area contributed by atoms with Gasteiger partial charge in [-0.25, -0.2) is 4.39 Å². The van der Waals surface area contributed by atoms with Gasteiger partial charge in [-0.15, -0.1) is 0 Å². The van der Waals surface area contributed by atoms with Crippen molar-refractivity contribution in [3.8, 4) is 5.75 Å². The van der Waals surface area contributed by atoms with E-state index in [9.17, 15) is 4.39 Å². The number of amidine groups is 1. The third-order valence-corrected chi connectivity index (χ3v) is 3.24. The molecule has 7 heteroatoms. The zero-order valence-electron chi connectivity index (χ0n) is 11.4. The van der Waals surface area contributed by atoms with Crippen molar-refractivity contribution in [2.45, 2.75) is 0 Å². The molecule has 0 heterocycles. The van der Waals surface area contributed by atoms with Gasteiger partial charge in [0, 0.05) is 5.56 Å². The van der Waals surface area contributed by atoms with Crippen molar-refractivity contribution in [1.82, 2.24) is 0 Å². The predicted molar refractivity (Wildman–Crippen MR) is 85.0 cm³/mol. The zero-order valence-corrected chi connectivity index (χ0v) is 12.9. The van der Waals surface area contributed by atoms with E-state index in [0.717, 1.165) is 0 Å². The van der Waals surface area contributed by atoms with E-state index >= 15 is 0 Å². The van der Waals surface area contributed by atoms with Crippen LogP contribution < -0.4 is 10.5 Å². The van der Waals surface area contributed by atoms with E-state index < -0.39 is 0 Å². The maximum Gasteiger partial charge on any atom is 0.170 e. The summed E-state index contributed by atoms with van der Waals surface area (Å²) < 4.78 is 18.2. The Balaban J connectivity index is 1.81. The van der Waals surface area contributed by atoms with Crippen molar-refractivity contribution in [2.75, 3.05) is 13.2 Å². The second-order valence-electron chi connectivity index (χ2n) is 4.22. The monoisotopic (exact) mass is 342 g/mol. The predicted octanol–water partition coefficient (Wildman–Crippen LogP) is 3.85. The molecule has 4 nitrogen and oxygen atoms in total. The molecule has 0 saturated heterocycles. The summed E-state index contributed by atoms with van der Waals surface area (Å²) in [4.78, 5) is 5.04. The Morgan fingerprint density at radius 2 is 1.68 bits per heavy atom. The van der Waals surface area contributed by atoms with Crippen LogP contribution >= 0.6 is 23.2 Å². The molecule has 2 aromatic carbocycles. The number of benzene rings is 2. The normalized spacial score (nSPS) is 11.3. The molecule has 0 unspecified atom stereocenters. The van der Waals surface area contributed by atoms with Gasteiger partial charge in [-0.1, -0.05) is 34.4 Å². The Hall–Kier alpha value is -1.98. The fourth-order valence-corrected chi connectivity index (χ4v) is 2.10. The zero-order chi connectivity index (χ0) is 15.9. The van der Waals surface area contributed by atoms with Crippen LogP contribution in [0.15, 0.2) is 47.6 Å². The summed E-state index contributed by atoms with van der Waals surface area (Å²) in [5.74, 6) is 0.197. The second-order valence-corrected chi connectivity index (χ2v) is 5.03. The number of hydrogen-bond donors (Lipinski definition) is 1. The SMILES string of the molecule is N/C(=N\OCCOc1c(Cl)cccc1Cl)c1ccc(F)cc1. The Morgan fingerprint density at radius 3 is 2.32 bits per heavy atom. The Labute approximate surface area is 137 Å². The van der Waals surface area contributed by atoms with Crippen molar-refractivity contribution in [2.24, 2.45) is 10.9 Å². The second kappa shape index (κ2) is 7.87. The molecule has 0 aliphatic carbocycles. The van der Waals surface area contributed by atoms with Crippen molar-refractivity contribution < 1.29 is 14.0 Å². The van der Waals surface area contributed by atoms with Gasteiger partial charge in [-0.2, -0.15) is 0 Å². The fourth-order valence-electron chi connectivity index (χ4n) is 1.59. The number of ether oxygens (including phenoxy) is 1. The van der Waals surface area contributed by atoms with Crippen LogP contribution in [0, 0.1) is 5.82 Å². The summed E-state index contributed by atoms with van der Waals surface area (Å²) in [6, 6.07) is 10.7. The van der Waals surface area contributed by atoms with Gasteiger partial charge >= 0.3 is 0 Å². The van der Waals surface area contributed by atoms with Crippen LogP contribution in [0.2, 0.25) is 10.0 Å². The molecule has 0 amide bonds. The Kier molecular flexibility index (Phi) is 5.86. The Morgan fingerprint density at radius 1 is 1.05 bits per heavy atom. The van der Waals surface area contributed by atoms with Gasteiger partial charge in [0.15, 0.2) is 18.2 Å². The van der Waals surface area contributed by atoms with Crippen LogP contribution in [0.1, 0.15) is 5.56 Å². The number of halogens is 3. The lowest BCUT2D eigenvalue weighted by Crippen LogP contribution is -2.15. The molecule has 2 N–H and O–H groups in total. The highest BCUT2D eigenvalue weighted by Gasteiger charge is 2.06. The first-order valence-electron chi connectivity index (χ1n) is 6.36. The van der Waals surface area contributed by atoms with Gasteiger partial charge in [0.2, 0.25) is 0 Å². The van der Waals surface area contributed by atoms with Gasteiger partial charge in [0.1, 0.15) is 12.4 Å². The average Bonchev–Trinajstić information content (AvgIpc) is 2.50. The lowest BCUT2D eigenvalue weighted by Gasteiger charge is -2.09. The van der Waals surface area contributed by atoms with Crippen LogP contribution in [-0.4, -0.2) is 19.0 Å². The highest BCUT2D eigenvalue weighted by Crippen LogP contribution is 2.32. The number of oxime groups is 1. The van der Waals surface area contributed by atoms with Gasteiger partial charge in [0.05, 0.1) is 10.0 Å². The van der Waals surface area contributed by atoms with Crippen LogP contribution in [0.5, 0.6) is 5.75 Å². The minimum absolute atomic E-state index is 0.149. The molecule has 0 radical (unpaired) electrons. The van der Waals surface area contributed by atoms with Crippen LogP contribution in [0.4, 0.5) is 4.39 Å². The van der Waals surface area contributed by atoms with Gasteiger partial charge in [-0.05, 0) is 36.4 Å². The quantitative estimate of drug-likeness (QED) is 0.375. The smallest absolute Gasteiger partial charge is 0.170 e. The number of rotatable bonds is 6. The summed E-state index contributed by atoms with van der Waals surface area (Å²) in [6.45, 7) is 0.354. The summed E-state index contributed by atoms with van der Waals surface area (Å²) in [7, 11) is 0. The first-order valence-corrected chi connectivity index (χ1v) is 7.11. The molecule has 0 spiro atoms. The van der Waals surface area contributed by atoms with Crippen LogP contribution in [0.3, 0.4) is 0 Å². The Bertz CT molecular complexity index is 643. The topological polar surface area (TPSA) is 56.8 Å². The van der Waals surface area contributed by atoms with Gasteiger partial charge < -0.3 is 15.3 Å². The van der Waals surface area contributed by atoms with Crippen LogP contribution in [0.25, 0.3) is 0 Å². The molecule has 2 rings (SSSR count). The van der Waals surface area contributed by atoms with E-state index in [4.69, 9.17) is 38.5 Å². The molecule has 0 saturated carbocycles. The molecule has 0 fully saturated rings. The highest BCUT2D eigenvalue weighted by molar-refractivity contribution is 6.37. The number of para-hydroxylation sites is 1. The lowest BCUT2D eigenvalue weighted by atomic mass is 10.2.